The number of nitrogens with one attached hydrogen (secondary N) is 2. The van der Waals surface area contributed by atoms with Gasteiger partial charge in [0.1, 0.15) is 0 Å². The van der Waals surface area contributed by atoms with Crippen LogP contribution in [0, 0.1) is 17.8 Å². The van der Waals surface area contributed by atoms with Gasteiger partial charge < -0.3 is 5.32 Å². The Morgan fingerprint density at radius 2 is 2.44 bits per heavy atom. The average Bonchev–Trinajstić information content (AvgIpc) is 3.01. The lowest BCUT2D eigenvalue weighted by atomic mass is 9.93. The highest BCUT2D eigenvalue weighted by Crippen LogP contribution is 2.43. The summed E-state index contributed by atoms with van der Waals surface area (Å²) in [4.78, 5) is 11.9. The minimum Gasteiger partial charge on any atom is -0.348 e. The number of tetrazole rings is 1. The highest BCUT2D eigenvalue weighted by molar-refractivity contribution is 5.79. The van der Waals surface area contributed by atoms with Crippen LogP contribution in [0.5, 0.6) is 0 Å². The van der Waals surface area contributed by atoms with Crippen molar-refractivity contribution in [1.82, 2.24) is 25.9 Å². The number of hydrogen-bond acceptors (Lipinski definition) is 4. The van der Waals surface area contributed by atoms with Crippen LogP contribution in [0.3, 0.4) is 0 Å². The smallest absolute Gasteiger partial charge is 0.224 e. The normalized spacial score (nSPS) is 30.9. The predicted octanol–water partition coefficient (Wildman–Crippen LogP) is 0.0281. The summed E-state index contributed by atoms with van der Waals surface area (Å²) in [5.74, 6) is 1.83. The Morgan fingerprint density at radius 3 is 3.06 bits per heavy atom. The van der Waals surface area contributed by atoms with Crippen molar-refractivity contribution in [1.29, 1.82) is 0 Å². The largest absolute Gasteiger partial charge is 0.348 e. The number of allylic oxidation sites excluding steroid dienone is 2. The van der Waals surface area contributed by atoms with E-state index in [4.69, 9.17) is 0 Å². The number of fused-ring (bicyclic) bond motifs is 2. The Balaban J connectivity index is 1.56. The molecule has 16 heavy (non-hydrogen) atoms. The third-order valence-electron chi connectivity index (χ3n) is 3.43. The summed E-state index contributed by atoms with van der Waals surface area (Å²) in [5.41, 5.74) is 0. The van der Waals surface area contributed by atoms with Crippen molar-refractivity contribution in [2.45, 2.75) is 19.4 Å². The molecule has 0 aromatic carbocycles. The van der Waals surface area contributed by atoms with Gasteiger partial charge in [0.25, 0.3) is 0 Å². The second-order valence-corrected chi connectivity index (χ2v) is 4.43. The van der Waals surface area contributed by atoms with Crippen molar-refractivity contribution in [3.05, 3.63) is 18.0 Å². The number of carbonyl (C=O) groups excluding carboxylic acids is 1. The fourth-order valence-corrected chi connectivity index (χ4v) is 2.64. The molecule has 84 valence electrons. The first kappa shape index (κ1) is 9.50. The number of H-pyrrole nitrogens is 1. The van der Waals surface area contributed by atoms with Crippen molar-refractivity contribution in [2.75, 3.05) is 0 Å². The molecule has 0 spiro atoms. The third-order valence-corrected chi connectivity index (χ3v) is 3.43. The van der Waals surface area contributed by atoms with Crippen LogP contribution in [0.25, 0.3) is 0 Å². The van der Waals surface area contributed by atoms with Crippen LogP contribution in [0.4, 0.5) is 0 Å². The van der Waals surface area contributed by atoms with Crippen LogP contribution in [-0.2, 0) is 11.3 Å². The van der Waals surface area contributed by atoms with E-state index in [-0.39, 0.29) is 11.8 Å². The molecule has 1 fully saturated rings. The molecule has 2 aliphatic carbocycles. The monoisotopic (exact) mass is 219 g/mol. The number of rotatable bonds is 3. The van der Waals surface area contributed by atoms with Gasteiger partial charge in [-0.1, -0.05) is 17.4 Å². The maximum Gasteiger partial charge on any atom is 0.224 e. The van der Waals surface area contributed by atoms with E-state index < -0.39 is 0 Å². The number of aromatic amines is 1. The van der Waals surface area contributed by atoms with E-state index >= 15 is 0 Å². The maximum atomic E-state index is 11.9. The quantitative estimate of drug-likeness (QED) is 0.702. The van der Waals surface area contributed by atoms with E-state index in [0.717, 1.165) is 12.8 Å². The minimum absolute atomic E-state index is 0.113. The molecular formula is C10H13N5O. The third kappa shape index (κ3) is 1.60. The van der Waals surface area contributed by atoms with Gasteiger partial charge in [-0.2, -0.15) is 5.21 Å². The fourth-order valence-electron chi connectivity index (χ4n) is 2.64. The number of hydrogen-bond donors (Lipinski definition) is 2. The average molecular weight is 219 g/mol. The second-order valence-electron chi connectivity index (χ2n) is 4.43. The summed E-state index contributed by atoms with van der Waals surface area (Å²) in [5, 5.41) is 16.2. The molecule has 1 amide bonds. The number of nitrogens with zero attached hydrogens (tertiary/aromatic N) is 3. The van der Waals surface area contributed by atoms with Gasteiger partial charge in [0.15, 0.2) is 5.82 Å². The molecule has 2 N–H and O–H groups in total. The molecule has 1 heterocycles. The fraction of sp³-hybridized carbons (Fsp3) is 0.600. The topological polar surface area (TPSA) is 83.6 Å². The molecule has 6 heteroatoms. The molecule has 2 aliphatic rings. The van der Waals surface area contributed by atoms with Crippen LogP contribution in [0.1, 0.15) is 18.7 Å². The van der Waals surface area contributed by atoms with E-state index in [1.54, 1.807) is 0 Å². The van der Waals surface area contributed by atoms with Crippen molar-refractivity contribution in [3.63, 3.8) is 0 Å². The highest BCUT2D eigenvalue weighted by Gasteiger charge is 2.39. The SMILES string of the molecule is O=C(NCc1nn[nH]n1)C1CC2C=CC1C2. The van der Waals surface area contributed by atoms with Crippen molar-refractivity contribution >= 4 is 5.91 Å². The van der Waals surface area contributed by atoms with Crippen molar-refractivity contribution in [3.8, 4) is 0 Å². The summed E-state index contributed by atoms with van der Waals surface area (Å²) >= 11 is 0. The van der Waals surface area contributed by atoms with Gasteiger partial charge in [-0.25, -0.2) is 0 Å². The molecular weight excluding hydrogens is 206 g/mol. The number of carbonyl (C=O) groups is 1. The zero-order valence-corrected chi connectivity index (χ0v) is 8.76. The van der Waals surface area contributed by atoms with Gasteiger partial charge in [-0.05, 0) is 24.7 Å². The number of amides is 1. The van der Waals surface area contributed by atoms with Crippen LogP contribution < -0.4 is 5.32 Å². The van der Waals surface area contributed by atoms with Gasteiger partial charge in [0, 0.05) is 5.92 Å². The van der Waals surface area contributed by atoms with Crippen LogP contribution in [-0.4, -0.2) is 26.5 Å². The summed E-state index contributed by atoms with van der Waals surface area (Å²) in [7, 11) is 0. The molecule has 1 saturated carbocycles. The van der Waals surface area contributed by atoms with Gasteiger partial charge >= 0.3 is 0 Å². The molecule has 6 nitrogen and oxygen atoms in total. The standard InChI is InChI=1S/C10H13N5O/c16-10(11-5-9-12-14-15-13-9)8-4-6-1-2-7(8)3-6/h1-2,6-8H,3-5H2,(H,11,16)(H,12,13,14,15). The Morgan fingerprint density at radius 1 is 1.50 bits per heavy atom. The Kier molecular flexibility index (Phi) is 2.19. The predicted molar refractivity (Wildman–Crippen MR) is 54.9 cm³/mol. The molecule has 0 radical (unpaired) electrons. The molecule has 1 aromatic heterocycles. The van der Waals surface area contributed by atoms with E-state index in [2.05, 4.69) is 38.1 Å². The summed E-state index contributed by atoms with van der Waals surface area (Å²) < 4.78 is 0. The summed E-state index contributed by atoms with van der Waals surface area (Å²) in [6.07, 6.45) is 6.53. The zero-order chi connectivity index (χ0) is 11.0. The molecule has 0 aliphatic heterocycles. The van der Waals surface area contributed by atoms with Gasteiger partial charge in [-0.15, -0.1) is 10.2 Å². The van der Waals surface area contributed by atoms with Crippen molar-refractivity contribution in [2.24, 2.45) is 17.8 Å². The van der Waals surface area contributed by atoms with E-state index in [1.807, 2.05) is 0 Å². The zero-order valence-electron chi connectivity index (χ0n) is 8.76. The lowest BCUT2D eigenvalue weighted by Crippen LogP contribution is -2.32. The first-order valence-electron chi connectivity index (χ1n) is 5.51. The van der Waals surface area contributed by atoms with Gasteiger partial charge in [0.05, 0.1) is 6.54 Å². The molecule has 3 rings (SSSR count). The Bertz CT molecular complexity index is 413. The van der Waals surface area contributed by atoms with Crippen LogP contribution in [0.2, 0.25) is 0 Å². The molecule has 0 saturated heterocycles. The van der Waals surface area contributed by atoms with E-state index in [1.165, 1.54) is 0 Å². The molecule has 3 atom stereocenters. The summed E-state index contributed by atoms with van der Waals surface area (Å²) in [6, 6.07) is 0. The Labute approximate surface area is 92.5 Å². The lowest BCUT2D eigenvalue weighted by molar-refractivity contribution is -0.125. The lowest BCUT2D eigenvalue weighted by Gasteiger charge is -2.16. The van der Waals surface area contributed by atoms with E-state index in [0.29, 0.717) is 24.2 Å². The molecule has 3 unspecified atom stereocenters. The Hall–Kier alpha value is -1.72. The first-order chi connectivity index (χ1) is 7.83. The number of aromatic nitrogens is 4. The van der Waals surface area contributed by atoms with Crippen LogP contribution in [0.15, 0.2) is 12.2 Å². The van der Waals surface area contributed by atoms with Gasteiger partial charge in [0.2, 0.25) is 5.91 Å². The molecule has 1 aromatic rings. The first-order valence-corrected chi connectivity index (χ1v) is 5.51. The van der Waals surface area contributed by atoms with Crippen molar-refractivity contribution < 1.29 is 4.79 Å². The summed E-state index contributed by atoms with van der Waals surface area (Å²) in [6.45, 7) is 0.354. The van der Waals surface area contributed by atoms with Gasteiger partial charge in [-0.3, -0.25) is 4.79 Å². The second kappa shape index (κ2) is 3.70. The molecule has 2 bridgehead atoms. The highest BCUT2D eigenvalue weighted by atomic mass is 16.1. The van der Waals surface area contributed by atoms with Crippen LogP contribution >= 0.6 is 0 Å². The van der Waals surface area contributed by atoms with E-state index in [9.17, 15) is 4.79 Å². The maximum absolute atomic E-state index is 11.9. The minimum atomic E-state index is 0.113.